The maximum absolute atomic E-state index is 12.2. The highest BCUT2D eigenvalue weighted by atomic mass is 16.6. The maximum Gasteiger partial charge on any atom is 0.282 e. The number of nitrogens with one attached hydrogen (secondary N) is 1. The van der Waals surface area contributed by atoms with Crippen molar-refractivity contribution in [3.8, 4) is 0 Å². The average Bonchev–Trinajstić information content (AvgIpc) is 2.77. The lowest BCUT2D eigenvalue weighted by atomic mass is 10.1. The predicted octanol–water partition coefficient (Wildman–Crippen LogP) is 2.13. The Morgan fingerprint density at radius 3 is 2.67 bits per heavy atom. The van der Waals surface area contributed by atoms with Gasteiger partial charge >= 0.3 is 0 Å². The van der Waals surface area contributed by atoms with Crippen molar-refractivity contribution >= 4 is 11.6 Å². The highest BCUT2D eigenvalue weighted by molar-refractivity contribution is 5.98. The number of nitro groups is 1. The Hall–Kier alpha value is -2.70. The Balaban J connectivity index is 2.22. The summed E-state index contributed by atoms with van der Waals surface area (Å²) in [6.07, 6.45) is 1.82. The Labute approximate surface area is 121 Å². The minimum atomic E-state index is -0.561. The third-order valence-corrected chi connectivity index (χ3v) is 3.21. The summed E-state index contributed by atoms with van der Waals surface area (Å²) in [7, 11) is 1.80. The molecule has 21 heavy (non-hydrogen) atoms. The first kappa shape index (κ1) is 14.7. The van der Waals surface area contributed by atoms with Gasteiger partial charge in [0.25, 0.3) is 11.6 Å². The van der Waals surface area contributed by atoms with Gasteiger partial charge in [-0.1, -0.05) is 12.1 Å². The van der Waals surface area contributed by atoms with Gasteiger partial charge < -0.3 is 5.32 Å². The SMILES string of the molecule is Cc1nn(C)cc1C(C)NC(=O)c1ccccc1[N+](=O)[O-]. The summed E-state index contributed by atoms with van der Waals surface area (Å²) in [5, 5.41) is 17.9. The molecular weight excluding hydrogens is 272 g/mol. The van der Waals surface area contributed by atoms with Crippen LogP contribution < -0.4 is 5.32 Å². The highest BCUT2D eigenvalue weighted by Gasteiger charge is 2.21. The predicted molar refractivity (Wildman–Crippen MR) is 76.9 cm³/mol. The number of aromatic nitrogens is 2. The van der Waals surface area contributed by atoms with Crippen molar-refractivity contribution in [3.63, 3.8) is 0 Å². The molecule has 0 aliphatic rings. The van der Waals surface area contributed by atoms with Gasteiger partial charge in [0.2, 0.25) is 0 Å². The van der Waals surface area contributed by atoms with Gasteiger partial charge in [0, 0.05) is 24.9 Å². The fourth-order valence-corrected chi connectivity index (χ4v) is 2.22. The van der Waals surface area contributed by atoms with Gasteiger partial charge in [0.15, 0.2) is 0 Å². The molecule has 0 aliphatic heterocycles. The van der Waals surface area contributed by atoms with Crippen molar-refractivity contribution in [2.45, 2.75) is 19.9 Å². The van der Waals surface area contributed by atoms with E-state index in [0.29, 0.717) is 0 Å². The van der Waals surface area contributed by atoms with Crippen LogP contribution in [0.3, 0.4) is 0 Å². The van der Waals surface area contributed by atoms with Gasteiger partial charge in [-0.2, -0.15) is 5.10 Å². The number of carbonyl (C=O) groups excluding carboxylic acids is 1. The van der Waals surface area contributed by atoms with Crippen LogP contribution >= 0.6 is 0 Å². The first-order chi connectivity index (χ1) is 9.90. The molecule has 110 valence electrons. The Bertz CT molecular complexity index is 693. The number of para-hydroxylation sites is 1. The molecule has 1 aromatic carbocycles. The van der Waals surface area contributed by atoms with Gasteiger partial charge in [-0.15, -0.1) is 0 Å². The molecule has 0 bridgehead atoms. The van der Waals surface area contributed by atoms with Gasteiger partial charge in [0.05, 0.1) is 16.7 Å². The number of rotatable bonds is 4. The van der Waals surface area contributed by atoms with Crippen molar-refractivity contribution in [3.05, 3.63) is 57.4 Å². The zero-order chi connectivity index (χ0) is 15.6. The van der Waals surface area contributed by atoms with Crippen LogP contribution in [0.25, 0.3) is 0 Å². The molecule has 0 saturated heterocycles. The number of benzene rings is 1. The summed E-state index contributed by atoms with van der Waals surface area (Å²) in [6, 6.07) is 5.60. The summed E-state index contributed by atoms with van der Waals surface area (Å²) >= 11 is 0. The second-order valence-electron chi connectivity index (χ2n) is 4.81. The number of hydrogen-bond donors (Lipinski definition) is 1. The van der Waals surface area contributed by atoms with E-state index in [-0.39, 0.29) is 17.3 Å². The summed E-state index contributed by atoms with van der Waals surface area (Å²) in [4.78, 5) is 22.6. The molecule has 0 fully saturated rings. The van der Waals surface area contributed by atoms with E-state index in [1.54, 1.807) is 17.8 Å². The monoisotopic (exact) mass is 288 g/mol. The smallest absolute Gasteiger partial charge is 0.282 e. The number of amides is 1. The first-order valence-corrected chi connectivity index (χ1v) is 6.44. The number of aryl methyl sites for hydroxylation is 2. The van der Waals surface area contributed by atoms with E-state index in [4.69, 9.17) is 0 Å². The topological polar surface area (TPSA) is 90.1 Å². The zero-order valence-electron chi connectivity index (χ0n) is 12.0. The normalized spacial score (nSPS) is 12.0. The van der Waals surface area contributed by atoms with Crippen molar-refractivity contribution in [2.24, 2.45) is 7.05 Å². The average molecular weight is 288 g/mol. The van der Waals surface area contributed by atoms with Crippen LogP contribution in [-0.2, 0) is 7.05 Å². The van der Waals surface area contributed by atoms with Crippen molar-refractivity contribution in [1.82, 2.24) is 15.1 Å². The number of carbonyl (C=O) groups is 1. The fraction of sp³-hybridized carbons (Fsp3) is 0.286. The molecule has 1 N–H and O–H groups in total. The van der Waals surface area contributed by atoms with E-state index in [9.17, 15) is 14.9 Å². The minimum Gasteiger partial charge on any atom is -0.345 e. The lowest BCUT2D eigenvalue weighted by Gasteiger charge is -2.13. The molecule has 7 nitrogen and oxygen atoms in total. The molecular formula is C14H16N4O3. The molecule has 0 saturated carbocycles. The summed E-state index contributed by atoms with van der Waals surface area (Å²) in [6.45, 7) is 3.67. The molecule has 2 rings (SSSR count). The largest absolute Gasteiger partial charge is 0.345 e. The molecule has 0 aliphatic carbocycles. The third kappa shape index (κ3) is 3.07. The van der Waals surface area contributed by atoms with E-state index < -0.39 is 10.8 Å². The summed E-state index contributed by atoms with van der Waals surface area (Å²) in [5.41, 5.74) is 1.54. The lowest BCUT2D eigenvalue weighted by molar-refractivity contribution is -0.385. The van der Waals surface area contributed by atoms with Gasteiger partial charge in [-0.05, 0) is 19.9 Å². The number of hydrogen-bond acceptors (Lipinski definition) is 4. The molecule has 1 heterocycles. The van der Waals surface area contributed by atoms with E-state index in [2.05, 4.69) is 10.4 Å². The molecule has 7 heteroatoms. The van der Waals surface area contributed by atoms with Crippen molar-refractivity contribution in [2.75, 3.05) is 0 Å². The fourth-order valence-electron chi connectivity index (χ4n) is 2.22. The summed E-state index contributed by atoms with van der Waals surface area (Å²) < 4.78 is 1.66. The van der Waals surface area contributed by atoms with Crippen LogP contribution in [0.5, 0.6) is 0 Å². The molecule has 1 unspecified atom stereocenters. The second-order valence-corrected chi connectivity index (χ2v) is 4.81. The van der Waals surface area contributed by atoms with E-state index in [1.807, 2.05) is 20.0 Å². The third-order valence-electron chi connectivity index (χ3n) is 3.21. The number of nitrogens with zero attached hydrogens (tertiary/aromatic N) is 3. The Morgan fingerprint density at radius 2 is 2.10 bits per heavy atom. The van der Waals surface area contributed by atoms with Crippen LogP contribution in [-0.4, -0.2) is 20.6 Å². The van der Waals surface area contributed by atoms with Crippen LogP contribution in [0.2, 0.25) is 0 Å². The van der Waals surface area contributed by atoms with E-state index in [1.165, 1.54) is 18.2 Å². The van der Waals surface area contributed by atoms with Crippen molar-refractivity contribution < 1.29 is 9.72 Å². The van der Waals surface area contributed by atoms with E-state index in [0.717, 1.165) is 11.3 Å². The van der Waals surface area contributed by atoms with E-state index >= 15 is 0 Å². The van der Waals surface area contributed by atoms with Crippen LogP contribution in [0.4, 0.5) is 5.69 Å². The van der Waals surface area contributed by atoms with Gasteiger partial charge in [-0.3, -0.25) is 19.6 Å². The van der Waals surface area contributed by atoms with Crippen LogP contribution in [0, 0.1) is 17.0 Å². The standard InChI is InChI=1S/C14H16N4O3/c1-9(12-8-17(3)16-10(12)2)15-14(19)11-6-4-5-7-13(11)18(20)21/h4-9H,1-3H3,(H,15,19). The zero-order valence-corrected chi connectivity index (χ0v) is 12.0. The Kier molecular flexibility index (Phi) is 4.02. The molecule has 0 spiro atoms. The molecule has 1 amide bonds. The Morgan fingerprint density at radius 1 is 1.43 bits per heavy atom. The maximum atomic E-state index is 12.2. The van der Waals surface area contributed by atoms with Crippen LogP contribution in [0.1, 0.15) is 34.6 Å². The van der Waals surface area contributed by atoms with Gasteiger partial charge in [-0.25, -0.2) is 0 Å². The molecule has 2 aromatic rings. The lowest BCUT2D eigenvalue weighted by Crippen LogP contribution is -2.27. The molecule has 1 aromatic heterocycles. The highest BCUT2D eigenvalue weighted by Crippen LogP contribution is 2.20. The summed E-state index contributed by atoms with van der Waals surface area (Å²) in [5.74, 6) is -0.474. The van der Waals surface area contributed by atoms with Crippen molar-refractivity contribution in [1.29, 1.82) is 0 Å². The minimum absolute atomic E-state index is 0.0518. The number of nitro benzene ring substituents is 1. The first-order valence-electron chi connectivity index (χ1n) is 6.44. The second kappa shape index (κ2) is 5.74. The van der Waals surface area contributed by atoms with Gasteiger partial charge in [0.1, 0.15) is 5.56 Å². The molecule has 1 atom stereocenters. The quantitative estimate of drug-likeness (QED) is 0.689. The molecule has 0 radical (unpaired) electrons. The van der Waals surface area contributed by atoms with Crippen LogP contribution in [0.15, 0.2) is 30.5 Å².